The number of hydrogen-bond donors (Lipinski definition) is 0. The van der Waals surface area contributed by atoms with Crippen LogP contribution >= 0.6 is 11.6 Å². The Bertz CT molecular complexity index is 291. The monoisotopic (exact) mass is 194 g/mol. The summed E-state index contributed by atoms with van der Waals surface area (Å²) in [7, 11) is -3.03. The maximum atomic E-state index is 10.8. The summed E-state index contributed by atoms with van der Waals surface area (Å²) < 4.78 is 21.6. The Hall–Kier alpha value is -0.350. The first-order valence-corrected chi connectivity index (χ1v) is 5.18. The van der Waals surface area contributed by atoms with Crippen LogP contribution in [0, 0.1) is 5.92 Å². The van der Waals surface area contributed by atoms with Gasteiger partial charge in [-0.25, -0.2) is 8.42 Å². The zero-order valence-corrected chi connectivity index (χ0v) is 7.23. The van der Waals surface area contributed by atoms with Crippen LogP contribution in [0.1, 0.15) is 6.42 Å². The van der Waals surface area contributed by atoms with E-state index in [1.807, 2.05) is 0 Å². The van der Waals surface area contributed by atoms with Crippen LogP contribution in [0.5, 0.6) is 0 Å². The van der Waals surface area contributed by atoms with Crippen molar-refractivity contribution in [2.75, 3.05) is 5.75 Å². The lowest BCUT2D eigenvalue weighted by atomic mass is 10.1. The molecule has 0 aromatic rings. The van der Waals surface area contributed by atoms with E-state index in [-0.39, 0.29) is 18.1 Å². The third-order valence-electron chi connectivity index (χ3n) is 1.43. The molecule has 11 heavy (non-hydrogen) atoms. The number of carbonyl (C=O) groups excluding carboxylic acids is 1. The van der Waals surface area contributed by atoms with Crippen LogP contribution in [0.25, 0.3) is 0 Å². The van der Waals surface area contributed by atoms with E-state index in [0.717, 1.165) is 5.41 Å². The zero-order chi connectivity index (χ0) is 8.48. The number of halogens is 1. The van der Waals surface area contributed by atoms with Gasteiger partial charge in [0.1, 0.15) is 0 Å². The third-order valence-corrected chi connectivity index (χ3v) is 3.05. The summed E-state index contributed by atoms with van der Waals surface area (Å²) in [6.07, 6.45) is 1.62. The molecule has 0 saturated carbocycles. The normalized spacial score (nSPS) is 27.2. The summed E-state index contributed by atoms with van der Waals surface area (Å²) in [5.74, 6) is -0.198. The van der Waals surface area contributed by atoms with Gasteiger partial charge in [-0.05, 0) is 11.6 Å². The van der Waals surface area contributed by atoms with Gasteiger partial charge in [0.2, 0.25) is 5.24 Å². The Morgan fingerprint density at radius 2 is 2.27 bits per heavy atom. The first-order chi connectivity index (χ1) is 4.99. The summed E-state index contributed by atoms with van der Waals surface area (Å²) in [6, 6.07) is 0. The van der Waals surface area contributed by atoms with Gasteiger partial charge in [-0.3, -0.25) is 4.79 Å². The Labute approximate surface area is 70.0 Å². The maximum Gasteiger partial charge on any atom is 0.222 e. The molecule has 0 aliphatic carbocycles. The molecule has 0 radical (unpaired) electrons. The van der Waals surface area contributed by atoms with Gasteiger partial charge >= 0.3 is 0 Å². The first kappa shape index (κ1) is 8.74. The Kier molecular flexibility index (Phi) is 2.34. The molecule has 1 atom stereocenters. The molecule has 62 valence electrons. The number of rotatable bonds is 2. The molecule has 0 spiro atoms. The highest BCUT2D eigenvalue weighted by molar-refractivity contribution is 7.94. The second kappa shape index (κ2) is 2.95. The van der Waals surface area contributed by atoms with Crippen LogP contribution in [0.2, 0.25) is 0 Å². The lowest BCUT2D eigenvalue weighted by Crippen LogP contribution is -2.07. The van der Waals surface area contributed by atoms with E-state index in [1.165, 1.54) is 6.08 Å². The van der Waals surface area contributed by atoms with Gasteiger partial charge < -0.3 is 0 Å². The number of hydrogen-bond acceptors (Lipinski definition) is 3. The summed E-state index contributed by atoms with van der Waals surface area (Å²) in [6.45, 7) is 0. The van der Waals surface area contributed by atoms with Gasteiger partial charge in [0, 0.05) is 17.7 Å². The Morgan fingerprint density at radius 3 is 2.64 bits per heavy atom. The lowest BCUT2D eigenvalue weighted by Gasteiger charge is -1.99. The minimum absolute atomic E-state index is 0.0193. The van der Waals surface area contributed by atoms with Crippen LogP contribution in [-0.2, 0) is 14.6 Å². The number of allylic oxidation sites excluding steroid dienone is 1. The van der Waals surface area contributed by atoms with Crippen LogP contribution in [0.4, 0.5) is 0 Å². The molecule has 1 heterocycles. The molecule has 1 aliphatic heterocycles. The molecule has 0 fully saturated rings. The van der Waals surface area contributed by atoms with E-state index in [1.54, 1.807) is 0 Å². The lowest BCUT2D eigenvalue weighted by molar-refractivity contribution is -0.112. The largest absolute Gasteiger partial charge is 0.281 e. The van der Waals surface area contributed by atoms with Crippen molar-refractivity contribution in [3.8, 4) is 0 Å². The van der Waals surface area contributed by atoms with Crippen molar-refractivity contribution >= 4 is 26.7 Å². The highest BCUT2D eigenvalue weighted by Crippen LogP contribution is 2.18. The fraction of sp³-hybridized carbons (Fsp3) is 0.500. The zero-order valence-electron chi connectivity index (χ0n) is 5.66. The van der Waals surface area contributed by atoms with Gasteiger partial charge in [0.15, 0.2) is 9.84 Å². The van der Waals surface area contributed by atoms with Gasteiger partial charge in [0.05, 0.1) is 5.75 Å². The van der Waals surface area contributed by atoms with E-state index >= 15 is 0 Å². The van der Waals surface area contributed by atoms with Crippen LogP contribution in [-0.4, -0.2) is 19.4 Å². The Morgan fingerprint density at radius 1 is 1.64 bits per heavy atom. The van der Waals surface area contributed by atoms with Gasteiger partial charge in [0.25, 0.3) is 0 Å². The van der Waals surface area contributed by atoms with Gasteiger partial charge in [-0.15, -0.1) is 0 Å². The van der Waals surface area contributed by atoms with Crippen LogP contribution in [0.3, 0.4) is 0 Å². The minimum Gasteiger partial charge on any atom is -0.281 e. The Balaban J connectivity index is 2.58. The molecule has 5 heteroatoms. The second-order valence-electron chi connectivity index (χ2n) is 2.48. The van der Waals surface area contributed by atoms with Gasteiger partial charge in [-0.1, -0.05) is 6.08 Å². The van der Waals surface area contributed by atoms with E-state index in [9.17, 15) is 13.2 Å². The molecule has 0 aromatic carbocycles. The second-order valence-corrected chi connectivity index (χ2v) is 4.83. The quantitative estimate of drug-likeness (QED) is 0.608. The van der Waals surface area contributed by atoms with Gasteiger partial charge in [-0.2, -0.15) is 0 Å². The fourth-order valence-corrected chi connectivity index (χ4v) is 2.57. The SMILES string of the molecule is O=C(Cl)C[C@H]1C=CS(=O)(=O)C1. The summed E-state index contributed by atoms with van der Waals surface area (Å²) in [4.78, 5) is 10.3. The third kappa shape index (κ3) is 2.63. The van der Waals surface area contributed by atoms with Crippen molar-refractivity contribution in [2.24, 2.45) is 5.92 Å². The predicted molar refractivity (Wildman–Crippen MR) is 41.9 cm³/mol. The van der Waals surface area contributed by atoms with Crippen molar-refractivity contribution in [3.63, 3.8) is 0 Å². The van der Waals surface area contributed by atoms with E-state index in [4.69, 9.17) is 11.6 Å². The van der Waals surface area contributed by atoms with Crippen molar-refractivity contribution in [1.82, 2.24) is 0 Å². The first-order valence-electron chi connectivity index (χ1n) is 3.09. The molecule has 1 aliphatic rings. The molecule has 0 N–H and O–H groups in total. The molecule has 0 unspecified atom stereocenters. The standard InChI is InChI=1S/C6H7ClO3S/c7-6(8)3-5-1-2-11(9,10)4-5/h1-2,5H,3-4H2/t5-/m1/s1. The average Bonchev–Trinajstić information content (AvgIpc) is 2.08. The van der Waals surface area contributed by atoms with Crippen LogP contribution < -0.4 is 0 Å². The van der Waals surface area contributed by atoms with E-state index < -0.39 is 15.1 Å². The smallest absolute Gasteiger partial charge is 0.222 e. The molecular weight excluding hydrogens is 188 g/mol. The van der Waals surface area contributed by atoms with Crippen molar-refractivity contribution in [1.29, 1.82) is 0 Å². The maximum absolute atomic E-state index is 10.8. The van der Waals surface area contributed by atoms with Crippen molar-refractivity contribution < 1.29 is 13.2 Å². The summed E-state index contributed by atoms with van der Waals surface area (Å²) in [5.41, 5.74) is 0. The number of carbonyl (C=O) groups is 1. The minimum atomic E-state index is -3.03. The molecule has 0 amide bonds. The molecule has 1 rings (SSSR count). The van der Waals surface area contributed by atoms with Crippen molar-refractivity contribution in [2.45, 2.75) is 6.42 Å². The molecular formula is C6H7ClO3S. The average molecular weight is 195 g/mol. The van der Waals surface area contributed by atoms with Crippen LogP contribution in [0.15, 0.2) is 11.5 Å². The highest BCUT2D eigenvalue weighted by Gasteiger charge is 2.22. The number of sulfone groups is 1. The molecule has 0 bridgehead atoms. The molecule has 0 saturated heterocycles. The topological polar surface area (TPSA) is 51.2 Å². The molecule has 0 aromatic heterocycles. The molecule has 3 nitrogen and oxygen atoms in total. The summed E-state index contributed by atoms with van der Waals surface area (Å²) >= 11 is 5.08. The summed E-state index contributed by atoms with van der Waals surface area (Å²) in [5, 5.41) is 0.647. The van der Waals surface area contributed by atoms with E-state index in [0.29, 0.717) is 0 Å². The van der Waals surface area contributed by atoms with Crippen molar-refractivity contribution in [3.05, 3.63) is 11.5 Å². The fourth-order valence-electron chi connectivity index (χ4n) is 0.973. The van der Waals surface area contributed by atoms with E-state index in [2.05, 4.69) is 0 Å². The predicted octanol–water partition coefficient (Wildman–Crippen LogP) is 0.700. The highest BCUT2D eigenvalue weighted by atomic mass is 35.5.